The maximum atomic E-state index is 12.4. The summed E-state index contributed by atoms with van der Waals surface area (Å²) in [5.74, 6) is -0.485. The highest BCUT2D eigenvalue weighted by Gasteiger charge is 2.12. The molecule has 1 amide bonds. The van der Waals surface area contributed by atoms with Crippen LogP contribution in [0.5, 0.6) is 0 Å². The van der Waals surface area contributed by atoms with Crippen molar-refractivity contribution in [2.75, 3.05) is 0 Å². The van der Waals surface area contributed by atoms with Crippen molar-refractivity contribution in [3.63, 3.8) is 0 Å². The first kappa shape index (κ1) is 15.8. The predicted molar refractivity (Wildman–Crippen MR) is 101 cm³/mol. The number of hydrogen-bond acceptors (Lipinski definition) is 4. The molecular weight excluding hydrogens is 326 g/mol. The molecule has 2 N–H and O–H groups in total. The van der Waals surface area contributed by atoms with Gasteiger partial charge in [0.05, 0.1) is 6.21 Å². The van der Waals surface area contributed by atoms with E-state index in [0.717, 1.165) is 21.7 Å². The topological polar surface area (TPSA) is 78.5 Å². The zero-order chi connectivity index (χ0) is 17.9. The molecule has 0 spiro atoms. The summed E-state index contributed by atoms with van der Waals surface area (Å²) >= 11 is 0. The Balaban J connectivity index is 1.70. The van der Waals surface area contributed by atoms with E-state index < -0.39 is 5.91 Å². The van der Waals surface area contributed by atoms with Crippen LogP contribution in [-0.2, 0) is 0 Å². The fourth-order valence-corrected chi connectivity index (χ4v) is 2.82. The fourth-order valence-electron chi connectivity index (χ4n) is 2.82. The molecule has 4 aromatic rings. The van der Waals surface area contributed by atoms with Crippen LogP contribution < -0.4 is 11.0 Å². The van der Waals surface area contributed by atoms with Crippen LogP contribution in [0.3, 0.4) is 0 Å². The molecule has 0 fully saturated rings. The lowest BCUT2D eigenvalue weighted by Crippen LogP contribution is -2.24. The van der Waals surface area contributed by atoms with Crippen molar-refractivity contribution in [1.29, 1.82) is 5.41 Å². The van der Waals surface area contributed by atoms with Crippen molar-refractivity contribution < 1.29 is 9.21 Å². The molecular formula is C21H15N3O2. The highest BCUT2D eigenvalue weighted by atomic mass is 16.3. The molecule has 5 heteroatoms. The molecule has 0 saturated heterocycles. The van der Waals surface area contributed by atoms with Crippen molar-refractivity contribution >= 4 is 33.9 Å². The Morgan fingerprint density at radius 2 is 1.73 bits per heavy atom. The van der Waals surface area contributed by atoms with Crippen molar-refractivity contribution in [2.24, 2.45) is 5.10 Å². The maximum Gasteiger partial charge on any atom is 0.276 e. The zero-order valence-corrected chi connectivity index (χ0v) is 13.8. The Kier molecular flexibility index (Phi) is 4.03. The van der Waals surface area contributed by atoms with Crippen LogP contribution in [0.1, 0.15) is 15.9 Å². The minimum atomic E-state index is -0.485. The van der Waals surface area contributed by atoms with Gasteiger partial charge in [0.2, 0.25) is 5.55 Å². The molecule has 0 atom stereocenters. The number of hydrazone groups is 1. The summed E-state index contributed by atoms with van der Waals surface area (Å²) in [6.07, 6.45) is 1.55. The van der Waals surface area contributed by atoms with Crippen LogP contribution in [0, 0.1) is 5.41 Å². The van der Waals surface area contributed by atoms with E-state index in [2.05, 4.69) is 10.5 Å². The third-order valence-electron chi connectivity index (χ3n) is 4.10. The molecule has 0 bridgehead atoms. The molecule has 4 rings (SSSR count). The highest BCUT2D eigenvalue weighted by Crippen LogP contribution is 2.24. The second-order valence-corrected chi connectivity index (χ2v) is 5.80. The Bertz CT molecular complexity index is 1190. The molecule has 0 saturated carbocycles. The molecule has 1 aromatic heterocycles. The van der Waals surface area contributed by atoms with Gasteiger partial charge in [0.25, 0.3) is 5.91 Å². The Hall–Kier alpha value is -3.73. The largest absolute Gasteiger partial charge is 0.438 e. The third kappa shape index (κ3) is 2.98. The Labute approximate surface area is 149 Å². The number of amides is 1. The molecule has 5 nitrogen and oxygen atoms in total. The number of fused-ring (bicyclic) bond motifs is 3. The summed E-state index contributed by atoms with van der Waals surface area (Å²) in [5, 5.41) is 14.8. The molecule has 0 aliphatic carbocycles. The molecule has 1 heterocycles. The smallest absolute Gasteiger partial charge is 0.276 e. The maximum absolute atomic E-state index is 12.4. The van der Waals surface area contributed by atoms with E-state index in [4.69, 9.17) is 9.83 Å². The SMILES string of the molecule is N=c1oc2ccc3ccccc3c2cc1C(=O)N/N=C/c1ccccc1. The van der Waals surface area contributed by atoms with E-state index in [1.807, 2.05) is 66.7 Å². The number of rotatable bonds is 3. The normalized spacial score (nSPS) is 11.2. The molecule has 0 unspecified atom stereocenters. The van der Waals surface area contributed by atoms with Crippen LogP contribution in [0.4, 0.5) is 0 Å². The molecule has 3 aromatic carbocycles. The van der Waals surface area contributed by atoms with E-state index in [0.29, 0.717) is 5.58 Å². The van der Waals surface area contributed by atoms with Crippen LogP contribution >= 0.6 is 0 Å². The van der Waals surface area contributed by atoms with Gasteiger partial charge in [0.1, 0.15) is 11.1 Å². The lowest BCUT2D eigenvalue weighted by atomic mass is 10.0. The summed E-state index contributed by atoms with van der Waals surface area (Å²) in [5.41, 5.74) is 3.83. The summed E-state index contributed by atoms with van der Waals surface area (Å²) in [6, 6.07) is 22.7. The third-order valence-corrected chi connectivity index (χ3v) is 4.10. The monoisotopic (exact) mass is 341 g/mol. The average molecular weight is 341 g/mol. The summed E-state index contributed by atoms with van der Waals surface area (Å²) in [7, 11) is 0. The minimum absolute atomic E-state index is 0.138. The number of nitrogens with zero attached hydrogens (tertiary/aromatic N) is 1. The fraction of sp³-hybridized carbons (Fsp3) is 0. The molecule has 0 radical (unpaired) electrons. The molecule has 126 valence electrons. The van der Waals surface area contributed by atoms with Gasteiger partial charge in [-0.25, -0.2) is 5.43 Å². The van der Waals surface area contributed by atoms with Gasteiger partial charge in [0.15, 0.2) is 0 Å². The molecule has 0 aliphatic rings. The lowest BCUT2D eigenvalue weighted by molar-refractivity contribution is 0.0951. The van der Waals surface area contributed by atoms with Crippen LogP contribution in [-0.4, -0.2) is 12.1 Å². The van der Waals surface area contributed by atoms with Crippen LogP contribution in [0.15, 0.2) is 82.3 Å². The average Bonchev–Trinajstić information content (AvgIpc) is 2.68. The van der Waals surface area contributed by atoms with Gasteiger partial charge in [-0.3, -0.25) is 10.2 Å². The second-order valence-electron chi connectivity index (χ2n) is 5.80. The van der Waals surface area contributed by atoms with E-state index in [9.17, 15) is 4.79 Å². The standard InChI is InChI=1S/C21H15N3O2/c22-20-18(21(25)24-23-13-14-6-2-1-3-7-14)12-17-16-9-5-4-8-15(16)10-11-19(17)26-20/h1-13,22H,(H,24,25)/b22-20?,23-13+. The highest BCUT2D eigenvalue weighted by molar-refractivity contribution is 6.07. The quantitative estimate of drug-likeness (QED) is 0.337. The van der Waals surface area contributed by atoms with Crippen LogP contribution in [0.25, 0.3) is 21.7 Å². The van der Waals surface area contributed by atoms with Gasteiger partial charge < -0.3 is 4.42 Å². The van der Waals surface area contributed by atoms with Gasteiger partial charge in [-0.05, 0) is 28.5 Å². The first-order valence-electron chi connectivity index (χ1n) is 8.11. The summed E-state index contributed by atoms with van der Waals surface area (Å²) in [4.78, 5) is 12.4. The Morgan fingerprint density at radius 1 is 0.962 bits per heavy atom. The van der Waals surface area contributed by atoms with E-state index in [1.54, 1.807) is 12.3 Å². The van der Waals surface area contributed by atoms with Gasteiger partial charge in [-0.1, -0.05) is 60.7 Å². The van der Waals surface area contributed by atoms with E-state index in [1.165, 1.54) is 0 Å². The van der Waals surface area contributed by atoms with Gasteiger partial charge in [0, 0.05) is 5.39 Å². The molecule has 26 heavy (non-hydrogen) atoms. The number of carbonyl (C=O) groups is 1. The first-order chi connectivity index (χ1) is 12.7. The Morgan fingerprint density at radius 3 is 2.58 bits per heavy atom. The lowest BCUT2D eigenvalue weighted by Gasteiger charge is -2.05. The minimum Gasteiger partial charge on any atom is -0.438 e. The second kappa shape index (κ2) is 6.64. The van der Waals surface area contributed by atoms with Crippen molar-refractivity contribution in [3.05, 3.63) is 89.5 Å². The van der Waals surface area contributed by atoms with Crippen molar-refractivity contribution in [1.82, 2.24) is 5.43 Å². The van der Waals surface area contributed by atoms with Gasteiger partial charge in [-0.2, -0.15) is 5.10 Å². The van der Waals surface area contributed by atoms with Gasteiger partial charge >= 0.3 is 0 Å². The van der Waals surface area contributed by atoms with E-state index >= 15 is 0 Å². The van der Waals surface area contributed by atoms with Crippen LogP contribution in [0.2, 0.25) is 0 Å². The van der Waals surface area contributed by atoms with E-state index in [-0.39, 0.29) is 11.1 Å². The number of carbonyl (C=O) groups excluding carboxylic acids is 1. The van der Waals surface area contributed by atoms with Crippen molar-refractivity contribution in [2.45, 2.75) is 0 Å². The number of nitrogens with one attached hydrogen (secondary N) is 2. The first-order valence-corrected chi connectivity index (χ1v) is 8.11. The zero-order valence-electron chi connectivity index (χ0n) is 13.8. The molecule has 0 aliphatic heterocycles. The van der Waals surface area contributed by atoms with Gasteiger partial charge in [-0.15, -0.1) is 0 Å². The summed E-state index contributed by atoms with van der Waals surface area (Å²) < 4.78 is 5.54. The number of hydrogen-bond donors (Lipinski definition) is 2. The van der Waals surface area contributed by atoms with Crippen molar-refractivity contribution in [3.8, 4) is 0 Å². The summed E-state index contributed by atoms with van der Waals surface area (Å²) in [6.45, 7) is 0. The predicted octanol–water partition coefficient (Wildman–Crippen LogP) is 3.83. The number of benzene rings is 3.